The highest BCUT2D eigenvalue weighted by molar-refractivity contribution is 5.76. The molecule has 1 aliphatic heterocycles. The van der Waals surface area contributed by atoms with Crippen molar-refractivity contribution in [2.45, 2.75) is 51.2 Å². The number of hydrogen-bond donors (Lipinski definition) is 3. The van der Waals surface area contributed by atoms with E-state index in [1.165, 1.54) is 29.8 Å². The van der Waals surface area contributed by atoms with Gasteiger partial charge in [-0.25, -0.2) is 0 Å². The maximum atomic E-state index is 6.00. The van der Waals surface area contributed by atoms with Crippen molar-refractivity contribution in [3.8, 4) is 0 Å². The molecule has 0 aromatic heterocycles. The zero-order valence-corrected chi connectivity index (χ0v) is 11.3. The second-order valence-electron chi connectivity index (χ2n) is 6.11. The molecule has 1 aromatic carbocycles. The van der Waals surface area contributed by atoms with Gasteiger partial charge in [0.2, 0.25) is 0 Å². The average molecular weight is 245 g/mol. The number of aryl methyl sites for hydroxylation is 1. The largest absolute Gasteiger partial charge is 0.361 e. The van der Waals surface area contributed by atoms with E-state index in [1.807, 2.05) is 0 Å². The van der Waals surface area contributed by atoms with Gasteiger partial charge < -0.3 is 16.4 Å². The summed E-state index contributed by atoms with van der Waals surface area (Å²) in [6, 6.07) is 6.98. The number of anilines is 2. The van der Waals surface area contributed by atoms with Crippen LogP contribution in [0.1, 0.15) is 38.2 Å². The molecule has 98 valence electrons. The molecule has 1 saturated carbocycles. The number of hydrogen-bond acceptors (Lipinski definition) is 3. The molecule has 18 heavy (non-hydrogen) atoms. The average Bonchev–Trinajstić information content (AvgIpc) is 2.66. The summed E-state index contributed by atoms with van der Waals surface area (Å²) in [4.78, 5) is 0. The molecule has 0 saturated heterocycles. The van der Waals surface area contributed by atoms with Crippen molar-refractivity contribution in [2.24, 2.45) is 11.7 Å². The highest BCUT2D eigenvalue weighted by atomic mass is 15.3. The maximum Gasteiger partial charge on any atom is 0.108 e. The van der Waals surface area contributed by atoms with E-state index < -0.39 is 0 Å². The van der Waals surface area contributed by atoms with Crippen molar-refractivity contribution in [2.75, 3.05) is 10.6 Å². The fourth-order valence-corrected chi connectivity index (χ4v) is 3.36. The van der Waals surface area contributed by atoms with Crippen molar-refractivity contribution < 1.29 is 0 Å². The van der Waals surface area contributed by atoms with Crippen LogP contribution in [0.5, 0.6) is 0 Å². The maximum absolute atomic E-state index is 6.00. The molecule has 0 bridgehead atoms. The summed E-state index contributed by atoms with van der Waals surface area (Å²) < 4.78 is 0. The first-order valence-electron chi connectivity index (χ1n) is 6.99. The van der Waals surface area contributed by atoms with E-state index in [0.717, 1.165) is 12.8 Å². The predicted octanol–water partition coefficient (Wildman–Crippen LogP) is 3.07. The molecule has 1 aliphatic carbocycles. The van der Waals surface area contributed by atoms with Gasteiger partial charge in [0.25, 0.3) is 0 Å². The van der Waals surface area contributed by atoms with Gasteiger partial charge in [0.1, 0.15) is 5.66 Å². The van der Waals surface area contributed by atoms with E-state index in [1.54, 1.807) is 0 Å². The normalized spacial score (nSPS) is 34.6. The molecular formula is C15H23N3. The summed E-state index contributed by atoms with van der Waals surface area (Å²) in [5.41, 5.74) is 9.78. The monoisotopic (exact) mass is 245 g/mol. The number of nitrogens with one attached hydrogen (secondary N) is 2. The molecule has 3 heteroatoms. The van der Waals surface area contributed by atoms with Crippen molar-refractivity contribution in [3.63, 3.8) is 0 Å². The standard InChI is InChI=1S/C15H23N3/c1-10-3-8-13-14(9-10)18-15(2,17-13)11-4-6-12(16)7-5-11/h3,8-9,11-12,17-18H,4-7,16H2,1-2H3. The number of fused-ring (bicyclic) bond motifs is 1. The van der Waals surface area contributed by atoms with Crippen LogP contribution in [0, 0.1) is 12.8 Å². The first-order chi connectivity index (χ1) is 8.57. The third-order valence-electron chi connectivity index (χ3n) is 4.55. The summed E-state index contributed by atoms with van der Waals surface area (Å²) in [5.74, 6) is 0.657. The minimum atomic E-state index is -0.00370. The molecule has 1 aromatic rings. The topological polar surface area (TPSA) is 50.1 Å². The van der Waals surface area contributed by atoms with Gasteiger partial charge in [0, 0.05) is 12.0 Å². The van der Waals surface area contributed by atoms with E-state index in [9.17, 15) is 0 Å². The summed E-state index contributed by atoms with van der Waals surface area (Å²) in [5, 5.41) is 7.35. The molecule has 1 heterocycles. The van der Waals surface area contributed by atoms with Crippen LogP contribution >= 0.6 is 0 Å². The highest BCUT2D eigenvalue weighted by Crippen LogP contribution is 2.42. The highest BCUT2D eigenvalue weighted by Gasteiger charge is 2.40. The van der Waals surface area contributed by atoms with Gasteiger partial charge in [-0.1, -0.05) is 6.07 Å². The van der Waals surface area contributed by atoms with Crippen LogP contribution in [0.15, 0.2) is 18.2 Å². The Kier molecular flexibility index (Phi) is 2.74. The van der Waals surface area contributed by atoms with Crippen molar-refractivity contribution in [1.29, 1.82) is 0 Å². The van der Waals surface area contributed by atoms with Crippen molar-refractivity contribution >= 4 is 11.4 Å². The molecule has 0 radical (unpaired) electrons. The van der Waals surface area contributed by atoms with Crippen LogP contribution < -0.4 is 16.4 Å². The zero-order valence-electron chi connectivity index (χ0n) is 11.3. The van der Waals surface area contributed by atoms with Crippen LogP contribution in [0.3, 0.4) is 0 Å². The Bertz CT molecular complexity index is 449. The van der Waals surface area contributed by atoms with Gasteiger partial charge >= 0.3 is 0 Å². The Labute approximate surface area is 109 Å². The van der Waals surface area contributed by atoms with Gasteiger partial charge in [-0.3, -0.25) is 0 Å². The summed E-state index contributed by atoms with van der Waals surface area (Å²) >= 11 is 0. The van der Waals surface area contributed by atoms with E-state index >= 15 is 0 Å². The van der Waals surface area contributed by atoms with E-state index in [4.69, 9.17) is 5.73 Å². The third-order valence-corrected chi connectivity index (χ3v) is 4.55. The molecule has 4 N–H and O–H groups in total. The van der Waals surface area contributed by atoms with Crippen LogP contribution in [0.4, 0.5) is 11.4 Å². The second-order valence-corrected chi connectivity index (χ2v) is 6.11. The minimum Gasteiger partial charge on any atom is -0.361 e. The fourth-order valence-electron chi connectivity index (χ4n) is 3.36. The Morgan fingerprint density at radius 2 is 1.78 bits per heavy atom. The minimum absolute atomic E-state index is 0.00370. The molecule has 0 amide bonds. The summed E-state index contributed by atoms with van der Waals surface area (Å²) in [7, 11) is 0. The lowest BCUT2D eigenvalue weighted by Crippen LogP contribution is -2.48. The Hall–Kier alpha value is -1.22. The predicted molar refractivity (Wildman–Crippen MR) is 76.8 cm³/mol. The molecule has 3 nitrogen and oxygen atoms in total. The first kappa shape index (κ1) is 11.8. The molecule has 1 atom stereocenters. The number of benzene rings is 1. The van der Waals surface area contributed by atoms with Gasteiger partial charge in [-0.2, -0.15) is 0 Å². The van der Waals surface area contributed by atoms with Gasteiger partial charge in [-0.15, -0.1) is 0 Å². The van der Waals surface area contributed by atoms with Crippen molar-refractivity contribution in [3.05, 3.63) is 23.8 Å². The summed E-state index contributed by atoms with van der Waals surface area (Å²) in [6.07, 6.45) is 4.73. The number of rotatable bonds is 1. The first-order valence-corrected chi connectivity index (χ1v) is 6.99. The molecule has 2 aliphatic rings. The van der Waals surface area contributed by atoms with Gasteiger partial charge in [-0.05, 0) is 57.2 Å². The van der Waals surface area contributed by atoms with Crippen molar-refractivity contribution in [1.82, 2.24) is 0 Å². The van der Waals surface area contributed by atoms with E-state index in [2.05, 4.69) is 42.7 Å². The van der Waals surface area contributed by atoms with E-state index in [-0.39, 0.29) is 5.66 Å². The number of nitrogens with two attached hydrogens (primary N) is 1. The lowest BCUT2D eigenvalue weighted by molar-refractivity contribution is 0.251. The molecule has 0 spiro atoms. The lowest BCUT2D eigenvalue weighted by atomic mass is 9.79. The second kappa shape index (κ2) is 4.16. The summed E-state index contributed by atoms with van der Waals surface area (Å²) in [6.45, 7) is 4.42. The van der Waals surface area contributed by atoms with E-state index in [0.29, 0.717) is 12.0 Å². The molecule has 3 rings (SSSR count). The van der Waals surface area contributed by atoms with Crippen LogP contribution in [-0.4, -0.2) is 11.7 Å². The van der Waals surface area contributed by atoms with Gasteiger partial charge in [0.05, 0.1) is 11.4 Å². The third kappa shape index (κ3) is 1.97. The zero-order chi connectivity index (χ0) is 12.8. The Balaban J connectivity index is 1.78. The lowest BCUT2D eigenvalue weighted by Gasteiger charge is -2.39. The Morgan fingerprint density at radius 1 is 1.11 bits per heavy atom. The smallest absolute Gasteiger partial charge is 0.108 e. The van der Waals surface area contributed by atoms with Gasteiger partial charge in [0.15, 0.2) is 0 Å². The van der Waals surface area contributed by atoms with Crippen LogP contribution in [0.2, 0.25) is 0 Å². The molecule has 1 fully saturated rings. The SMILES string of the molecule is Cc1ccc2c(c1)NC(C)(C1CCC(N)CC1)N2. The Morgan fingerprint density at radius 3 is 2.50 bits per heavy atom. The molecule has 1 unspecified atom stereocenters. The van der Waals surface area contributed by atoms with Crippen LogP contribution in [-0.2, 0) is 0 Å². The fraction of sp³-hybridized carbons (Fsp3) is 0.600. The van der Waals surface area contributed by atoms with Crippen LogP contribution in [0.25, 0.3) is 0 Å². The quantitative estimate of drug-likeness (QED) is 0.712. The molecular weight excluding hydrogens is 222 g/mol.